The fourth-order valence-electron chi connectivity index (χ4n) is 6.49. The van der Waals surface area contributed by atoms with E-state index in [2.05, 4.69) is 13.8 Å². The first-order valence-corrected chi connectivity index (χ1v) is 15.3. The predicted molar refractivity (Wildman–Crippen MR) is 150 cm³/mol. The number of nitrogen functional groups attached to an aromatic ring is 1. The van der Waals surface area contributed by atoms with Crippen LogP contribution in [0.3, 0.4) is 0 Å². The van der Waals surface area contributed by atoms with Crippen molar-refractivity contribution < 1.29 is 22.3 Å². The fraction of sp³-hybridized carbons (Fsp3) is 0.533. The van der Waals surface area contributed by atoms with Gasteiger partial charge in [-0.2, -0.15) is 0 Å². The maximum atomic E-state index is 15.8. The second-order valence-corrected chi connectivity index (χ2v) is 13.7. The summed E-state index contributed by atoms with van der Waals surface area (Å²) in [6.07, 6.45) is 5.80. The van der Waals surface area contributed by atoms with E-state index in [4.69, 9.17) is 15.9 Å². The van der Waals surface area contributed by atoms with E-state index >= 15 is 4.39 Å². The van der Waals surface area contributed by atoms with Crippen molar-refractivity contribution in [1.29, 1.82) is 5.41 Å². The molecule has 8 heteroatoms. The Morgan fingerprint density at radius 2 is 1.97 bits per heavy atom. The van der Waals surface area contributed by atoms with Crippen molar-refractivity contribution >= 4 is 27.7 Å². The summed E-state index contributed by atoms with van der Waals surface area (Å²) in [5.41, 5.74) is 9.34. The van der Waals surface area contributed by atoms with Gasteiger partial charge in [-0.1, -0.05) is 39.0 Å². The number of hydrogen-bond donors (Lipinski definition) is 2. The molecule has 2 aromatic carbocycles. The standard InChI is InChI=1S/C30H39FN2O4S/c1-4-24-15-21-7-8-22(14-23(21)18-38(24,35)36)25-9-10-26(33)29(31)28(25)20-6-5-12-30(13-11-20,16-19(2)3)37-27(34)17-32/h7-10,14,17,19-20,24,32H,4-6,11-13,15-16,18,33H2,1-3H3. The summed E-state index contributed by atoms with van der Waals surface area (Å²) in [7, 11) is -3.22. The van der Waals surface area contributed by atoms with Gasteiger partial charge in [0.25, 0.3) is 0 Å². The number of hydrogen-bond acceptors (Lipinski definition) is 6. The molecule has 0 amide bonds. The number of rotatable bonds is 7. The maximum absolute atomic E-state index is 15.8. The molecule has 0 radical (unpaired) electrons. The maximum Gasteiger partial charge on any atom is 0.349 e. The van der Waals surface area contributed by atoms with Gasteiger partial charge in [-0.3, -0.25) is 0 Å². The molecule has 1 aliphatic heterocycles. The second-order valence-electron chi connectivity index (χ2n) is 11.4. The Balaban J connectivity index is 1.71. The van der Waals surface area contributed by atoms with Gasteiger partial charge < -0.3 is 15.9 Å². The summed E-state index contributed by atoms with van der Waals surface area (Å²) in [6, 6.07) is 9.26. The van der Waals surface area contributed by atoms with Crippen molar-refractivity contribution in [3.63, 3.8) is 0 Å². The predicted octanol–water partition coefficient (Wildman–Crippen LogP) is 6.35. The van der Waals surface area contributed by atoms with E-state index in [-0.39, 0.29) is 22.6 Å². The minimum Gasteiger partial charge on any atom is -0.455 e. The fourth-order valence-corrected chi connectivity index (χ4v) is 8.37. The summed E-state index contributed by atoms with van der Waals surface area (Å²) in [5, 5.41) is 6.96. The Hall–Kier alpha value is -2.74. The van der Waals surface area contributed by atoms with Gasteiger partial charge in [-0.15, -0.1) is 0 Å². The number of fused-ring (bicyclic) bond motifs is 1. The van der Waals surface area contributed by atoms with Crippen LogP contribution in [0.2, 0.25) is 0 Å². The highest BCUT2D eigenvalue weighted by atomic mass is 32.2. The smallest absolute Gasteiger partial charge is 0.349 e. The zero-order valence-corrected chi connectivity index (χ0v) is 23.4. The molecule has 2 aliphatic rings. The van der Waals surface area contributed by atoms with Crippen LogP contribution in [0, 0.1) is 17.1 Å². The third-order valence-corrected chi connectivity index (χ3v) is 10.5. The van der Waals surface area contributed by atoms with Gasteiger partial charge in [0, 0.05) is 5.56 Å². The summed E-state index contributed by atoms with van der Waals surface area (Å²) in [4.78, 5) is 12.1. The molecule has 1 saturated carbocycles. The van der Waals surface area contributed by atoms with Gasteiger partial charge in [-0.25, -0.2) is 17.6 Å². The Labute approximate surface area is 225 Å². The van der Waals surface area contributed by atoms with Crippen LogP contribution in [0.15, 0.2) is 30.3 Å². The van der Waals surface area contributed by atoms with Crippen LogP contribution in [0.4, 0.5) is 10.1 Å². The lowest BCUT2D eigenvalue weighted by atomic mass is 9.82. The van der Waals surface area contributed by atoms with Gasteiger partial charge >= 0.3 is 5.97 Å². The molecule has 38 heavy (non-hydrogen) atoms. The van der Waals surface area contributed by atoms with Crippen LogP contribution in [-0.4, -0.2) is 31.5 Å². The summed E-state index contributed by atoms with van der Waals surface area (Å²) in [6.45, 7) is 6.06. The molecule has 0 aromatic heterocycles. The Morgan fingerprint density at radius 3 is 2.66 bits per heavy atom. The van der Waals surface area contributed by atoms with Gasteiger partial charge in [0.15, 0.2) is 9.84 Å². The van der Waals surface area contributed by atoms with E-state index in [1.54, 1.807) is 6.07 Å². The molecule has 206 valence electrons. The van der Waals surface area contributed by atoms with Crippen LogP contribution >= 0.6 is 0 Å². The minimum atomic E-state index is -3.22. The highest BCUT2D eigenvalue weighted by Gasteiger charge is 2.39. The molecule has 1 aliphatic carbocycles. The number of sulfone groups is 1. The Kier molecular flexibility index (Phi) is 8.31. The van der Waals surface area contributed by atoms with Crippen LogP contribution in [0.1, 0.15) is 88.3 Å². The zero-order chi connectivity index (χ0) is 27.7. The number of anilines is 1. The number of carbonyl (C=O) groups excluding carboxylic acids is 1. The summed E-state index contributed by atoms with van der Waals surface area (Å²) in [5.74, 6) is -0.915. The number of halogens is 1. The number of ether oxygens (including phenoxy) is 1. The van der Waals surface area contributed by atoms with Gasteiger partial charge in [0.1, 0.15) is 17.6 Å². The largest absolute Gasteiger partial charge is 0.455 e. The van der Waals surface area contributed by atoms with Crippen molar-refractivity contribution in [2.75, 3.05) is 5.73 Å². The van der Waals surface area contributed by atoms with Crippen molar-refractivity contribution in [1.82, 2.24) is 0 Å². The minimum absolute atomic E-state index is 0.000996. The molecule has 6 nitrogen and oxygen atoms in total. The molecule has 3 atom stereocenters. The summed E-state index contributed by atoms with van der Waals surface area (Å²) < 4.78 is 47.1. The van der Waals surface area contributed by atoms with Crippen LogP contribution in [0.5, 0.6) is 0 Å². The number of carbonyl (C=O) groups is 1. The number of benzene rings is 2. The number of nitrogens with one attached hydrogen (secondary N) is 1. The first-order chi connectivity index (χ1) is 18.0. The lowest BCUT2D eigenvalue weighted by Gasteiger charge is -2.34. The van der Waals surface area contributed by atoms with Gasteiger partial charge in [0.2, 0.25) is 0 Å². The third kappa shape index (κ3) is 5.80. The monoisotopic (exact) mass is 542 g/mol. The molecule has 0 spiro atoms. The Morgan fingerprint density at radius 1 is 1.21 bits per heavy atom. The van der Waals surface area contributed by atoms with Gasteiger partial charge in [0.05, 0.1) is 16.7 Å². The van der Waals surface area contributed by atoms with E-state index in [0.717, 1.165) is 28.7 Å². The first-order valence-electron chi connectivity index (χ1n) is 13.6. The summed E-state index contributed by atoms with van der Waals surface area (Å²) >= 11 is 0. The second kappa shape index (κ2) is 11.2. The highest BCUT2D eigenvalue weighted by Crippen LogP contribution is 2.45. The SMILES string of the molecule is CCC1Cc2ccc(-c3ccc(N)c(F)c3C3CCCC(CC(C)C)(OC(=O)C=N)CC3)cc2CS1(=O)=O. The zero-order valence-electron chi connectivity index (χ0n) is 22.6. The molecule has 3 N–H and O–H groups in total. The Bertz CT molecular complexity index is 1320. The van der Waals surface area contributed by atoms with E-state index in [9.17, 15) is 13.2 Å². The molecule has 3 unspecified atom stereocenters. The van der Waals surface area contributed by atoms with Crippen LogP contribution in [0.25, 0.3) is 11.1 Å². The molecule has 1 fully saturated rings. The highest BCUT2D eigenvalue weighted by molar-refractivity contribution is 7.91. The topological polar surface area (TPSA) is 110 Å². The van der Waals surface area contributed by atoms with Crippen molar-refractivity contribution in [2.24, 2.45) is 5.92 Å². The lowest BCUT2D eigenvalue weighted by Crippen LogP contribution is -2.36. The van der Waals surface area contributed by atoms with Crippen LogP contribution in [-0.2, 0) is 31.5 Å². The van der Waals surface area contributed by atoms with Gasteiger partial charge in [-0.05, 0) is 97.6 Å². The van der Waals surface area contributed by atoms with E-state index in [1.165, 1.54) is 0 Å². The quantitative estimate of drug-likeness (QED) is 0.183. The van der Waals surface area contributed by atoms with E-state index in [0.29, 0.717) is 62.6 Å². The van der Waals surface area contributed by atoms with Crippen molar-refractivity contribution in [3.05, 3.63) is 52.8 Å². The molecule has 1 heterocycles. The average Bonchev–Trinajstić information content (AvgIpc) is 3.05. The molecular weight excluding hydrogens is 503 g/mol. The molecular formula is C30H39FN2O4S. The average molecular weight is 543 g/mol. The molecule has 0 saturated heterocycles. The van der Waals surface area contributed by atoms with E-state index in [1.807, 2.05) is 31.2 Å². The lowest BCUT2D eigenvalue weighted by molar-refractivity contribution is -0.154. The molecule has 0 bridgehead atoms. The normalized spacial score (nSPS) is 24.9. The van der Waals surface area contributed by atoms with E-state index < -0.39 is 27.2 Å². The molecule has 2 aromatic rings. The van der Waals surface area contributed by atoms with Crippen molar-refractivity contribution in [2.45, 2.75) is 94.7 Å². The number of esters is 1. The molecule has 4 rings (SSSR count). The first kappa shape index (κ1) is 28.3. The number of nitrogens with two attached hydrogens (primary N) is 1. The van der Waals surface area contributed by atoms with Crippen molar-refractivity contribution in [3.8, 4) is 11.1 Å². The third-order valence-electron chi connectivity index (χ3n) is 8.25. The van der Waals surface area contributed by atoms with Crippen LogP contribution < -0.4 is 5.73 Å².